The van der Waals surface area contributed by atoms with Crippen LogP contribution >= 0.6 is 0 Å². The van der Waals surface area contributed by atoms with Gasteiger partial charge in [0.15, 0.2) is 23.1 Å². The summed E-state index contributed by atoms with van der Waals surface area (Å²) in [4.78, 5) is 27.7. The number of hydrogen-bond donors (Lipinski definition) is 2. The smallest absolute Gasteiger partial charge is 0.198 e. The summed E-state index contributed by atoms with van der Waals surface area (Å²) < 4.78 is 23.0. The van der Waals surface area contributed by atoms with Gasteiger partial charge in [-0.05, 0) is 60.7 Å². The molecule has 0 aromatic heterocycles. The molecule has 0 amide bonds. The van der Waals surface area contributed by atoms with E-state index in [4.69, 9.17) is 4.74 Å². The van der Waals surface area contributed by atoms with Crippen molar-refractivity contribution in [3.63, 3.8) is 0 Å². The zero-order valence-electron chi connectivity index (χ0n) is 21.8. The predicted molar refractivity (Wildman–Crippen MR) is 155 cm³/mol. The second kappa shape index (κ2) is 10.7. The zero-order chi connectivity index (χ0) is 29.2. The second-order valence-electron chi connectivity index (χ2n) is 9.39. The molecule has 0 heterocycles. The number of carbonyl (C=O) groups excluding carboxylic acids is 2. The summed E-state index contributed by atoms with van der Waals surface area (Å²) in [5, 5.41) is 24.6. The van der Waals surface area contributed by atoms with Crippen LogP contribution in [0.15, 0.2) is 103 Å². The Balaban J connectivity index is 1.63. The van der Waals surface area contributed by atoms with Gasteiger partial charge in [0.25, 0.3) is 0 Å². The maximum atomic E-state index is 16.7. The lowest BCUT2D eigenvalue weighted by Crippen LogP contribution is -2.24. The van der Waals surface area contributed by atoms with Gasteiger partial charge in [0.05, 0.1) is 34.4 Å². The molecule has 1 aliphatic carbocycles. The van der Waals surface area contributed by atoms with E-state index in [0.29, 0.717) is 28.3 Å². The quantitative estimate of drug-likeness (QED) is 0.219. The number of anilines is 4. The van der Waals surface area contributed by atoms with E-state index in [-0.39, 0.29) is 33.8 Å². The molecule has 0 spiro atoms. The Kier molecular flexibility index (Phi) is 6.64. The van der Waals surface area contributed by atoms with Gasteiger partial charge in [-0.2, -0.15) is 10.5 Å². The summed E-state index contributed by atoms with van der Waals surface area (Å²) in [6, 6.07) is 31.8. The van der Waals surface area contributed by atoms with Crippen LogP contribution in [0.4, 0.5) is 27.1 Å². The topological polar surface area (TPSA) is 115 Å². The Hall–Kier alpha value is -6.25. The Bertz CT molecular complexity index is 1960. The molecule has 8 heteroatoms. The van der Waals surface area contributed by atoms with Crippen LogP contribution in [-0.4, -0.2) is 11.6 Å². The standard InChI is InChI=1S/C34H19FN4O3/c35-29-27-28(33(41)26-9-5-4-8-25(26)32(27)40)34(42-24-6-2-1-3-7-24)31(39-23-16-12-21(19-37)13-17-23)30(29)38-22-14-10-20(18-36)11-15-22/h1-17,38-39H. The van der Waals surface area contributed by atoms with E-state index in [2.05, 4.69) is 16.7 Å². The average molecular weight is 551 g/mol. The number of hydrogen-bond acceptors (Lipinski definition) is 7. The van der Waals surface area contributed by atoms with Crippen LogP contribution in [0, 0.1) is 28.5 Å². The third-order valence-corrected chi connectivity index (χ3v) is 6.79. The van der Waals surface area contributed by atoms with Crippen LogP contribution in [0.1, 0.15) is 43.0 Å². The Morgan fingerprint density at radius 3 is 1.60 bits per heavy atom. The van der Waals surface area contributed by atoms with E-state index in [1.165, 1.54) is 12.1 Å². The molecule has 1 aliphatic rings. The number of nitrogens with one attached hydrogen (secondary N) is 2. The molecule has 0 aliphatic heterocycles. The third-order valence-electron chi connectivity index (χ3n) is 6.79. The summed E-state index contributed by atoms with van der Waals surface area (Å²) in [5.41, 5.74) is 1.27. The fourth-order valence-electron chi connectivity index (χ4n) is 4.76. The van der Waals surface area contributed by atoms with Crippen molar-refractivity contribution in [2.45, 2.75) is 0 Å². The molecule has 200 valence electrons. The van der Waals surface area contributed by atoms with Crippen LogP contribution in [0.5, 0.6) is 11.5 Å². The number of fused-ring (bicyclic) bond motifs is 2. The first-order chi connectivity index (χ1) is 20.5. The monoisotopic (exact) mass is 550 g/mol. The maximum absolute atomic E-state index is 16.7. The van der Waals surface area contributed by atoms with E-state index < -0.39 is 22.9 Å². The first-order valence-corrected chi connectivity index (χ1v) is 12.8. The van der Waals surface area contributed by atoms with Gasteiger partial charge in [-0.25, -0.2) is 4.39 Å². The summed E-state index contributed by atoms with van der Waals surface area (Å²) in [6.45, 7) is 0. The summed E-state index contributed by atoms with van der Waals surface area (Å²) in [5.74, 6) is -1.84. The molecule has 6 rings (SSSR count). The lowest BCUT2D eigenvalue weighted by molar-refractivity contribution is 0.0974. The molecule has 0 fully saturated rings. The molecule has 7 nitrogen and oxygen atoms in total. The molecule has 0 radical (unpaired) electrons. The largest absolute Gasteiger partial charge is 0.454 e. The number of ketones is 2. The number of halogens is 1. The number of para-hydroxylation sites is 1. The lowest BCUT2D eigenvalue weighted by atomic mass is 9.82. The van der Waals surface area contributed by atoms with Crippen molar-refractivity contribution in [3.8, 4) is 23.6 Å². The maximum Gasteiger partial charge on any atom is 0.198 e. The highest BCUT2D eigenvalue weighted by molar-refractivity contribution is 6.30. The number of carbonyl (C=O) groups is 2. The van der Waals surface area contributed by atoms with E-state index in [1.54, 1.807) is 91.0 Å². The third kappa shape index (κ3) is 4.60. The fraction of sp³-hybridized carbons (Fsp3) is 0. The van der Waals surface area contributed by atoms with Crippen molar-refractivity contribution < 1.29 is 18.7 Å². The molecule has 0 atom stereocenters. The zero-order valence-corrected chi connectivity index (χ0v) is 21.8. The highest BCUT2D eigenvalue weighted by atomic mass is 19.1. The van der Waals surface area contributed by atoms with Crippen molar-refractivity contribution in [1.29, 1.82) is 10.5 Å². The second-order valence-corrected chi connectivity index (χ2v) is 9.39. The minimum atomic E-state index is -0.946. The van der Waals surface area contributed by atoms with Crippen LogP contribution in [-0.2, 0) is 0 Å². The molecular formula is C34H19FN4O3. The van der Waals surface area contributed by atoms with Crippen LogP contribution in [0.2, 0.25) is 0 Å². The van der Waals surface area contributed by atoms with Crippen molar-refractivity contribution in [2.24, 2.45) is 0 Å². The van der Waals surface area contributed by atoms with Crippen LogP contribution in [0.25, 0.3) is 0 Å². The van der Waals surface area contributed by atoms with E-state index >= 15 is 4.39 Å². The number of benzene rings is 5. The molecule has 0 unspecified atom stereocenters. The highest BCUT2D eigenvalue weighted by Gasteiger charge is 2.39. The van der Waals surface area contributed by atoms with E-state index in [1.807, 2.05) is 6.07 Å². The SMILES string of the molecule is N#Cc1ccc(Nc2c(F)c3c(c(Oc4ccccc4)c2Nc2ccc(C#N)cc2)C(=O)c2ccccc2C3=O)cc1. The van der Waals surface area contributed by atoms with Crippen molar-refractivity contribution >= 4 is 34.3 Å². The van der Waals surface area contributed by atoms with E-state index in [9.17, 15) is 20.1 Å². The number of nitriles is 2. The van der Waals surface area contributed by atoms with Gasteiger partial charge in [-0.15, -0.1) is 0 Å². The summed E-state index contributed by atoms with van der Waals surface area (Å²) in [6.07, 6.45) is 0. The van der Waals surface area contributed by atoms with Gasteiger partial charge in [-0.1, -0.05) is 42.5 Å². The van der Waals surface area contributed by atoms with Gasteiger partial charge in [0.2, 0.25) is 0 Å². The molecule has 5 aromatic carbocycles. The first-order valence-electron chi connectivity index (χ1n) is 12.8. The van der Waals surface area contributed by atoms with Gasteiger partial charge in [0.1, 0.15) is 17.1 Å². The highest BCUT2D eigenvalue weighted by Crippen LogP contribution is 2.48. The predicted octanol–water partition coefficient (Wildman–Crippen LogP) is 7.62. The molecule has 0 bridgehead atoms. The molecule has 0 saturated heterocycles. The summed E-state index contributed by atoms with van der Waals surface area (Å²) in [7, 11) is 0. The van der Waals surface area contributed by atoms with Gasteiger partial charge < -0.3 is 15.4 Å². The Labute approximate surface area is 240 Å². The lowest BCUT2D eigenvalue weighted by Gasteiger charge is -2.26. The molecule has 42 heavy (non-hydrogen) atoms. The van der Waals surface area contributed by atoms with Crippen molar-refractivity contribution in [3.05, 3.63) is 142 Å². The molecular weight excluding hydrogens is 531 g/mol. The van der Waals surface area contributed by atoms with Crippen LogP contribution in [0.3, 0.4) is 0 Å². The Morgan fingerprint density at radius 1 is 0.595 bits per heavy atom. The summed E-state index contributed by atoms with van der Waals surface area (Å²) >= 11 is 0. The van der Waals surface area contributed by atoms with Gasteiger partial charge >= 0.3 is 0 Å². The minimum Gasteiger partial charge on any atom is -0.454 e. The normalized spacial score (nSPS) is 11.5. The number of ether oxygens (including phenoxy) is 1. The average Bonchev–Trinajstić information content (AvgIpc) is 3.04. The molecule has 0 saturated carbocycles. The Morgan fingerprint density at radius 2 is 1.07 bits per heavy atom. The molecule has 2 N–H and O–H groups in total. The fourth-order valence-corrected chi connectivity index (χ4v) is 4.76. The van der Waals surface area contributed by atoms with E-state index in [0.717, 1.165) is 0 Å². The number of rotatable bonds is 6. The number of nitrogens with zero attached hydrogens (tertiary/aromatic N) is 2. The van der Waals surface area contributed by atoms with Crippen molar-refractivity contribution in [2.75, 3.05) is 10.6 Å². The van der Waals surface area contributed by atoms with Crippen LogP contribution < -0.4 is 15.4 Å². The van der Waals surface area contributed by atoms with Gasteiger partial charge in [0, 0.05) is 22.5 Å². The van der Waals surface area contributed by atoms with Gasteiger partial charge in [-0.3, -0.25) is 9.59 Å². The minimum absolute atomic E-state index is 0.0500. The van der Waals surface area contributed by atoms with Crippen molar-refractivity contribution in [1.82, 2.24) is 0 Å². The molecule has 5 aromatic rings. The first kappa shape index (κ1) is 26.0.